The Morgan fingerprint density at radius 2 is 1.50 bits per heavy atom. The zero-order valence-electron chi connectivity index (χ0n) is 22.6. The van der Waals surface area contributed by atoms with Gasteiger partial charge >= 0.3 is 18.5 Å². The van der Waals surface area contributed by atoms with E-state index in [-0.39, 0.29) is 23.1 Å². The summed E-state index contributed by atoms with van der Waals surface area (Å²) in [5.74, 6) is 0.265. The highest BCUT2D eigenvalue weighted by Crippen LogP contribution is 2.45. The molecule has 6 nitrogen and oxygen atoms in total. The SMILES string of the molecule is Cc1cc2c(cc1C(F)(F)F)N(CC1CC1)CCCC2N(Cc1cc(C(F)(F)F)cc(C(F)(F)F)c1)c1nnn(C)n1. The van der Waals surface area contributed by atoms with Gasteiger partial charge in [-0.25, -0.2) is 0 Å². The highest BCUT2D eigenvalue weighted by Gasteiger charge is 2.40. The maximum absolute atomic E-state index is 14.0. The van der Waals surface area contributed by atoms with Crippen LogP contribution in [0.15, 0.2) is 30.3 Å². The number of fused-ring (bicyclic) bond motifs is 1. The summed E-state index contributed by atoms with van der Waals surface area (Å²) in [6, 6.07) is 3.05. The molecule has 0 radical (unpaired) electrons. The Balaban J connectivity index is 1.65. The third-order valence-electron chi connectivity index (χ3n) is 7.59. The predicted molar refractivity (Wildman–Crippen MR) is 135 cm³/mol. The fourth-order valence-corrected chi connectivity index (χ4v) is 5.46. The third-order valence-corrected chi connectivity index (χ3v) is 7.59. The standard InChI is InChI=1S/C27H27F9N6/c1-15-8-20-22(4-3-7-41(13-16-5-6-16)23(20)12-21(15)27(34,35)36)42(24-37-39-40(2)38-24)14-17-9-18(25(28,29)30)11-19(10-17)26(31,32)33/h8-12,16,22H,3-7,13-14H2,1-2H3. The molecule has 0 bridgehead atoms. The molecule has 0 N–H and O–H groups in total. The van der Waals surface area contributed by atoms with E-state index in [1.165, 1.54) is 24.9 Å². The molecule has 0 saturated heterocycles. The summed E-state index contributed by atoms with van der Waals surface area (Å²) in [5, 5.41) is 11.9. The molecule has 1 unspecified atom stereocenters. The number of tetrazole rings is 1. The number of halogens is 9. The minimum atomic E-state index is -5.05. The van der Waals surface area contributed by atoms with Crippen LogP contribution in [0.3, 0.4) is 0 Å². The number of hydrogen-bond donors (Lipinski definition) is 0. The van der Waals surface area contributed by atoms with E-state index in [0.29, 0.717) is 55.2 Å². The van der Waals surface area contributed by atoms with Gasteiger partial charge in [-0.15, -0.1) is 5.10 Å². The van der Waals surface area contributed by atoms with Crippen molar-refractivity contribution in [3.05, 3.63) is 63.7 Å². The summed E-state index contributed by atoms with van der Waals surface area (Å²) in [6.45, 7) is 1.82. The van der Waals surface area contributed by atoms with Crippen LogP contribution in [0.2, 0.25) is 0 Å². The average Bonchev–Trinajstić information content (AvgIpc) is 3.62. The molecule has 1 aliphatic heterocycles. The molecule has 42 heavy (non-hydrogen) atoms. The predicted octanol–water partition coefficient (Wildman–Crippen LogP) is 7.33. The smallest absolute Gasteiger partial charge is 0.371 e. The molecular weight excluding hydrogens is 579 g/mol. The van der Waals surface area contributed by atoms with Crippen LogP contribution < -0.4 is 9.80 Å². The number of anilines is 2. The van der Waals surface area contributed by atoms with Gasteiger partial charge in [0, 0.05) is 25.3 Å². The molecule has 1 aromatic heterocycles. The molecule has 228 valence electrons. The Bertz CT molecular complexity index is 1410. The van der Waals surface area contributed by atoms with E-state index in [2.05, 4.69) is 15.4 Å². The van der Waals surface area contributed by atoms with Crippen LogP contribution in [0.4, 0.5) is 51.1 Å². The first kappa shape index (κ1) is 30.0. The van der Waals surface area contributed by atoms with Crippen LogP contribution >= 0.6 is 0 Å². The van der Waals surface area contributed by atoms with Crippen molar-refractivity contribution in [1.29, 1.82) is 0 Å². The van der Waals surface area contributed by atoms with Crippen molar-refractivity contribution >= 4 is 11.6 Å². The van der Waals surface area contributed by atoms with Crippen molar-refractivity contribution in [2.75, 3.05) is 22.9 Å². The number of alkyl halides is 9. The lowest BCUT2D eigenvalue weighted by molar-refractivity contribution is -0.143. The molecule has 2 aliphatic rings. The first-order valence-corrected chi connectivity index (χ1v) is 13.3. The lowest BCUT2D eigenvalue weighted by Gasteiger charge is -2.33. The van der Waals surface area contributed by atoms with Crippen molar-refractivity contribution < 1.29 is 39.5 Å². The van der Waals surface area contributed by atoms with E-state index in [9.17, 15) is 39.5 Å². The highest BCUT2D eigenvalue weighted by atomic mass is 19.4. The summed E-state index contributed by atoms with van der Waals surface area (Å²) in [5.41, 5.74) is -3.31. The van der Waals surface area contributed by atoms with Gasteiger partial charge in [0.25, 0.3) is 5.95 Å². The van der Waals surface area contributed by atoms with Gasteiger partial charge in [0.15, 0.2) is 0 Å². The van der Waals surface area contributed by atoms with Gasteiger partial charge in [-0.3, -0.25) is 0 Å². The first-order chi connectivity index (χ1) is 19.5. The van der Waals surface area contributed by atoms with Crippen molar-refractivity contribution in [3.8, 4) is 0 Å². The Labute approximate surface area is 235 Å². The monoisotopic (exact) mass is 606 g/mol. The van der Waals surface area contributed by atoms with Crippen molar-refractivity contribution in [2.24, 2.45) is 13.0 Å². The lowest BCUT2D eigenvalue weighted by atomic mass is 9.94. The maximum atomic E-state index is 14.0. The normalized spacial score (nSPS) is 18.2. The molecule has 2 heterocycles. The minimum Gasteiger partial charge on any atom is -0.371 e. The van der Waals surface area contributed by atoms with E-state index in [1.807, 2.05) is 4.90 Å². The number of benzene rings is 2. The van der Waals surface area contributed by atoms with Crippen LogP contribution in [0.5, 0.6) is 0 Å². The fraction of sp³-hybridized carbons (Fsp3) is 0.519. The summed E-state index contributed by atoms with van der Waals surface area (Å²) in [4.78, 5) is 4.41. The van der Waals surface area contributed by atoms with E-state index in [0.717, 1.165) is 23.7 Å². The average molecular weight is 607 g/mol. The second kappa shape index (κ2) is 10.6. The van der Waals surface area contributed by atoms with E-state index < -0.39 is 47.8 Å². The van der Waals surface area contributed by atoms with Crippen LogP contribution in [0.1, 0.15) is 65.1 Å². The minimum absolute atomic E-state index is 0.0488. The number of aryl methyl sites for hydroxylation is 2. The largest absolute Gasteiger partial charge is 0.416 e. The second-order valence-electron chi connectivity index (χ2n) is 10.9. The summed E-state index contributed by atoms with van der Waals surface area (Å²) in [7, 11) is 1.44. The molecule has 1 aliphatic carbocycles. The molecule has 0 spiro atoms. The first-order valence-electron chi connectivity index (χ1n) is 13.3. The molecular formula is C27H27F9N6. The van der Waals surface area contributed by atoms with Crippen molar-refractivity contribution in [1.82, 2.24) is 20.2 Å². The third kappa shape index (κ3) is 6.43. The molecule has 3 aromatic rings. The van der Waals surface area contributed by atoms with Gasteiger partial charge in [0.1, 0.15) is 0 Å². The molecule has 5 rings (SSSR count). The summed E-state index contributed by atoms with van der Waals surface area (Å²) in [6.07, 6.45) is -12.0. The second-order valence-corrected chi connectivity index (χ2v) is 10.9. The molecule has 1 saturated carbocycles. The number of rotatable bonds is 6. The zero-order valence-corrected chi connectivity index (χ0v) is 22.6. The van der Waals surface area contributed by atoms with Gasteiger partial charge in [-0.2, -0.15) is 44.3 Å². The quantitative estimate of drug-likeness (QED) is 0.275. The van der Waals surface area contributed by atoms with Gasteiger partial charge in [-0.05, 0) is 84.7 Å². The van der Waals surface area contributed by atoms with Crippen LogP contribution in [-0.2, 0) is 32.1 Å². The molecule has 0 amide bonds. The number of nitrogens with zero attached hydrogens (tertiary/aromatic N) is 6. The van der Waals surface area contributed by atoms with Crippen LogP contribution in [-0.4, -0.2) is 33.3 Å². The fourth-order valence-electron chi connectivity index (χ4n) is 5.46. The molecule has 15 heteroatoms. The Morgan fingerprint density at radius 1 is 0.857 bits per heavy atom. The van der Waals surface area contributed by atoms with Crippen molar-refractivity contribution in [2.45, 2.75) is 63.7 Å². The number of hydrogen-bond acceptors (Lipinski definition) is 5. The molecule has 1 fully saturated rings. The van der Waals surface area contributed by atoms with Crippen LogP contribution in [0.25, 0.3) is 0 Å². The van der Waals surface area contributed by atoms with Crippen LogP contribution in [0, 0.1) is 12.8 Å². The van der Waals surface area contributed by atoms with Gasteiger partial charge in [0.2, 0.25) is 0 Å². The van der Waals surface area contributed by atoms with Crippen molar-refractivity contribution in [3.63, 3.8) is 0 Å². The van der Waals surface area contributed by atoms with Gasteiger partial charge < -0.3 is 9.80 Å². The molecule has 1 atom stereocenters. The van der Waals surface area contributed by atoms with E-state index in [4.69, 9.17) is 0 Å². The topological polar surface area (TPSA) is 50.1 Å². The number of aromatic nitrogens is 4. The maximum Gasteiger partial charge on any atom is 0.416 e. The Kier molecular flexibility index (Phi) is 7.59. The van der Waals surface area contributed by atoms with E-state index >= 15 is 0 Å². The van der Waals surface area contributed by atoms with Gasteiger partial charge in [0.05, 0.1) is 29.8 Å². The highest BCUT2D eigenvalue weighted by molar-refractivity contribution is 5.62. The summed E-state index contributed by atoms with van der Waals surface area (Å²) >= 11 is 0. The Morgan fingerprint density at radius 3 is 2.02 bits per heavy atom. The lowest BCUT2D eigenvalue weighted by Crippen LogP contribution is -2.31. The molecule has 2 aromatic carbocycles. The van der Waals surface area contributed by atoms with E-state index in [1.54, 1.807) is 0 Å². The van der Waals surface area contributed by atoms with Gasteiger partial charge in [-0.1, -0.05) is 11.2 Å². The zero-order chi connectivity index (χ0) is 30.6. The Hall–Kier alpha value is -3.52. The summed E-state index contributed by atoms with van der Waals surface area (Å²) < 4.78 is 124.